The van der Waals surface area contributed by atoms with Crippen molar-refractivity contribution in [2.45, 2.75) is 12.8 Å². The summed E-state index contributed by atoms with van der Waals surface area (Å²) in [5.74, 6) is -2.11. The van der Waals surface area contributed by atoms with E-state index in [9.17, 15) is 27.6 Å². The minimum Gasteiger partial charge on any atom is -0.355 e. The van der Waals surface area contributed by atoms with Gasteiger partial charge in [0.1, 0.15) is 6.61 Å². The van der Waals surface area contributed by atoms with Crippen LogP contribution in [0.15, 0.2) is 40.9 Å². The molecule has 0 radical (unpaired) electrons. The van der Waals surface area contributed by atoms with Gasteiger partial charge in [-0.15, -0.1) is 13.2 Å². The molecule has 0 aliphatic carbocycles. The molecule has 0 saturated heterocycles. The van der Waals surface area contributed by atoms with E-state index < -0.39 is 30.7 Å². The molecule has 2 aromatic rings. The fourth-order valence-corrected chi connectivity index (χ4v) is 1.89. The Balaban J connectivity index is 1.69. The molecule has 28 heavy (non-hydrogen) atoms. The molecule has 1 heterocycles. The molecule has 9 nitrogen and oxygen atoms in total. The summed E-state index contributed by atoms with van der Waals surface area (Å²) >= 11 is 0. The van der Waals surface area contributed by atoms with E-state index in [1.165, 1.54) is 6.07 Å². The first kappa shape index (κ1) is 20.9. The monoisotopic (exact) mass is 400 g/mol. The highest BCUT2D eigenvalue weighted by molar-refractivity contribution is 5.93. The van der Waals surface area contributed by atoms with Crippen LogP contribution < -0.4 is 16.2 Å². The number of hydrogen-bond acceptors (Lipinski definition) is 6. The van der Waals surface area contributed by atoms with Gasteiger partial charge in [0.05, 0.1) is 0 Å². The molecule has 3 amide bonds. The van der Waals surface area contributed by atoms with E-state index in [4.69, 9.17) is 4.52 Å². The molecule has 0 atom stereocenters. The van der Waals surface area contributed by atoms with Gasteiger partial charge >= 0.3 is 6.36 Å². The highest BCUT2D eigenvalue weighted by Gasteiger charge is 2.30. The lowest BCUT2D eigenvalue weighted by Crippen LogP contribution is -2.44. The lowest BCUT2D eigenvalue weighted by atomic mass is 10.1. The standard InChI is InChI=1S/C16H15F3N4O5/c17-16(18,19)27-9-14(25)22-21-13(24)6-7-20-15(26)11-8-12(28-23-11)10-4-2-1-3-5-10/h1-5,8H,6-7,9H2,(H,20,26)(H,21,24)(H,22,25). The van der Waals surface area contributed by atoms with Gasteiger partial charge in [-0.2, -0.15) is 0 Å². The molecule has 1 aromatic heterocycles. The van der Waals surface area contributed by atoms with Gasteiger partial charge in [-0.05, 0) is 0 Å². The van der Waals surface area contributed by atoms with E-state index in [0.717, 1.165) is 5.56 Å². The predicted molar refractivity (Wildman–Crippen MR) is 87.2 cm³/mol. The summed E-state index contributed by atoms with van der Waals surface area (Å²) in [6.45, 7) is -1.40. The van der Waals surface area contributed by atoms with Crippen LogP contribution in [0, 0.1) is 0 Å². The minimum atomic E-state index is -4.95. The predicted octanol–water partition coefficient (Wildman–Crippen LogP) is 1.15. The lowest BCUT2D eigenvalue weighted by Gasteiger charge is -2.09. The number of nitrogens with zero attached hydrogens (tertiary/aromatic N) is 1. The summed E-state index contributed by atoms with van der Waals surface area (Å²) in [7, 11) is 0. The normalized spacial score (nSPS) is 11.0. The Hall–Kier alpha value is -3.41. The first-order chi connectivity index (χ1) is 13.2. The van der Waals surface area contributed by atoms with Gasteiger partial charge < -0.3 is 9.84 Å². The number of hydrogen-bond donors (Lipinski definition) is 3. The van der Waals surface area contributed by atoms with Crippen LogP contribution in [-0.2, 0) is 14.3 Å². The smallest absolute Gasteiger partial charge is 0.355 e. The van der Waals surface area contributed by atoms with Crippen LogP contribution in [0.5, 0.6) is 0 Å². The molecular formula is C16H15F3N4O5. The van der Waals surface area contributed by atoms with Crippen LogP contribution in [0.25, 0.3) is 11.3 Å². The van der Waals surface area contributed by atoms with E-state index in [2.05, 4.69) is 15.2 Å². The maximum atomic E-state index is 12.0. The number of carbonyl (C=O) groups excluding carboxylic acids is 3. The fraction of sp³-hybridized carbons (Fsp3) is 0.250. The highest BCUT2D eigenvalue weighted by atomic mass is 19.4. The topological polar surface area (TPSA) is 123 Å². The van der Waals surface area contributed by atoms with Crippen LogP contribution in [0.1, 0.15) is 16.9 Å². The highest BCUT2D eigenvalue weighted by Crippen LogP contribution is 2.19. The second-order valence-electron chi connectivity index (χ2n) is 5.28. The van der Waals surface area contributed by atoms with Gasteiger partial charge in [-0.1, -0.05) is 35.5 Å². The number of alkyl halides is 3. The molecular weight excluding hydrogens is 385 g/mol. The largest absolute Gasteiger partial charge is 0.523 e. The third-order valence-corrected chi connectivity index (χ3v) is 3.15. The number of halogens is 3. The van der Waals surface area contributed by atoms with Gasteiger partial charge in [0.15, 0.2) is 11.5 Å². The Morgan fingerprint density at radius 3 is 2.43 bits per heavy atom. The number of benzene rings is 1. The average molecular weight is 400 g/mol. The molecule has 0 fully saturated rings. The maximum absolute atomic E-state index is 12.0. The van der Waals surface area contributed by atoms with Crippen LogP contribution in [0.2, 0.25) is 0 Å². The zero-order valence-corrected chi connectivity index (χ0v) is 14.2. The molecule has 150 valence electrons. The van der Waals surface area contributed by atoms with Gasteiger partial charge in [0.2, 0.25) is 5.91 Å². The lowest BCUT2D eigenvalue weighted by molar-refractivity contribution is -0.321. The van der Waals surface area contributed by atoms with Crippen molar-refractivity contribution < 1.29 is 36.8 Å². The van der Waals surface area contributed by atoms with Crippen LogP contribution in [0.4, 0.5) is 13.2 Å². The van der Waals surface area contributed by atoms with Gasteiger partial charge in [-0.25, -0.2) is 0 Å². The Morgan fingerprint density at radius 1 is 1.07 bits per heavy atom. The SMILES string of the molecule is O=C(CCNC(=O)c1cc(-c2ccccc2)on1)NNC(=O)COC(F)(F)F. The van der Waals surface area contributed by atoms with E-state index in [1.807, 2.05) is 11.5 Å². The van der Waals surface area contributed by atoms with Crippen molar-refractivity contribution in [3.63, 3.8) is 0 Å². The average Bonchev–Trinajstić information content (AvgIpc) is 3.15. The van der Waals surface area contributed by atoms with Crippen molar-refractivity contribution in [3.8, 4) is 11.3 Å². The number of rotatable bonds is 7. The third-order valence-electron chi connectivity index (χ3n) is 3.15. The molecule has 12 heteroatoms. The Kier molecular flexibility index (Phi) is 7.09. The van der Waals surface area contributed by atoms with Crippen LogP contribution in [-0.4, -0.2) is 42.4 Å². The van der Waals surface area contributed by atoms with Gasteiger partial charge in [0.25, 0.3) is 11.8 Å². The van der Waals surface area contributed by atoms with Crippen molar-refractivity contribution in [1.29, 1.82) is 0 Å². The number of amides is 3. The molecule has 0 aliphatic rings. The fourth-order valence-electron chi connectivity index (χ4n) is 1.89. The second-order valence-corrected chi connectivity index (χ2v) is 5.28. The number of ether oxygens (including phenoxy) is 1. The van der Waals surface area contributed by atoms with E-state index >= 15 is 0 Å². The van der Waals surface area contributed by atoms with E-state index in [1.54, 1.807) is 29.7 Å². The number of nitrogens with one attached hydrogen (secondary N) is 3. The molecule has 0 saturated carbocycles. The molecule has 3 N–H and O–H groups in total. The summed E-state index contributed by atoms with van der Waals surface area (Å²) < 4.78 is 43.6. The molecule has 0 aliphatic heterocycles. The molecule has 0 bridgehead atoms. The molecule has 0 unspecified atom stereocenters. The summed E-state index contributed by atoms with van der Waals surface area (Å²) in [6, 6.07) is 10.4. The summed E-state index contributed by atoms with van der Waals surface area (Å²) in [5, 5.41) is 6.06. The first-order valence-corrected chi connectivity index (χ1v) is 7.83. The number of hydrazine groups is 1. The van der Waals surface area contributed by atoms with Crippen LogP contribution in [0.3, 0.4) is 0 Å². The van der Waals surface area contributed by atoms with Crippen molar-refractivity contribution >= 4 is 17.7 Å². The maximum Gasteiger partial charge on any atom is 0.523 e. The van der Waals surface area contributed by atoms with Crippen molar-refractivity contribution in [1.82, 2.24) is 21.3 Å². The summed E-state index contributed by atoms with van der Waals surface area (Å²) in [6.07, 6.45) is -5.19. The third kappa shape index (κ3) is 7.07. The van der Waals surface area contributed by atoms with E-state index in [-0.39, 0.29) is 18.7 Å². The molecule has 1 aromatic carbocycles. The van der Waals surface area contributed by atoms with Crippen LogP contribution >= 0.6 is 0 Å². The number of carbonyl (C=O) groups is 3. The van der Waals surface area contributed by atoms with Gasteiger partial charge in [0, 0.05) is 24.6 Å². The van der Waals surface area contributed by atoms with Crippen molar-refractivity contribution in [3.05, 3.63) is 42.1 Å². The molecule has 0 spiro atoms. The Morgan fingerprint density at radius 2 is 1.75 bits per heavy atom. The second kappa shape index (κ2) is 9.50. The number of aromatic nitrogens is 1. The van der Waals surface area contributed by atoms with E-state index in [0.29, 0.717) is 5.76 Å². The molecule has 2 rings (SSSR count). The van der Waals surface area contributed by atoms with Gasteiger partial charge in [-0.3, -0.25) is 30.0 Å². The summed E-state index contributed by atoms with van der Waals surface area (Å²) in [5.41, 5.74) is 4.38. The van der Waals surface area contributed by atoms with Crippen molar-refractivity contribution in [2.24, 2.45) is 0 Å². The Bertz CT molecular complexity index is 823. The minimum absolute atomic E-state index is 0.0110. The quantitative estimate of drug-likeness (QED) is 0.599. The summed E-state index contributed by atoms with van der Waals surface area (Å²) in [4.78, 5) is 34.5. The van der Waals surface area contributed by atoms with Crippen molar-refractivity contribution in [2.75, 3.05) is 13.2 Å². The Labute approximate surface area is 156 Å². The first-order valence-electron chi connectivity index (χ1n) is 7.83. The zero-order chi connectivity index (χ0) is 20.6. The zero-order valence-electron chi connectivity index (χ0n) is 14.2.